The maximum absolute atomic E-state index is 12.6. The van der Waals surface area contributed by atoms with Crippen molar-refractivity contribution in [1.29, 1.82) is 0 Å². The van der Waals surface area contributed by atoms with E-state index in [1.54, 1.807) is 0 Å². The van der Waals surface area contributed by atoms with Gasteiger partial charge in [-0.3, -0.25) is 4.79 Å². The summed E-state index contributed by atoms with van der Waals surface area (Å²) in [6.45, 7) is 4.60. The smallest absolute Gasteiger partial charge is 0.224 e. The predicted octanol–water partition coefficient (Wildman–Crippen LogP) is 3.08. The molecule has 1 aliphatic heterocycles. The highest BCUT2D eigenvalue weighted by atomic mass is 79.9. The third-order valence-corrected chi connectivity index (χ3v) is 6.85. The molecule has 5 nitrogen and oxygen atoms in total. The number of sulfonamides is 1. The minimum Gasteiger partial charge on any atom is -0.349 e. The number of amides is 1. The molecule has 0 bridgehead atoms. The maximum Gasteiger partial charge on any atom is 0.224 e. The first-order valence-electron chi connectivity index (χ1n) is 8.37. The summed E-state index contributed by atoms with van der Waals surface area (Å²) in [4.78, 5) is 12.6. The van der Waals surface area contributed by atoms with Gasteiger partial charge in [0.15, 0.2) is 0 Å². The van der Waals surface area contributed by atoms with E-state index in [0.29, 0.717) is 19.5 Å². The van der Waals surface area contributed by atoms with E-state index in [2.05, 4.69) is 21.2 Å². The fourth-order valence-corrected chi connectivity index (χ4v) is 4.99. The van der Waals surface area contributed by atoms with Crippen LogP contribution in [0.4, 0.5) is 0 Å². The molecule has 1 amide bonds. The van der Waals surface area contributed by atoms with Crippen LogP contribution in [-0.2, 0) is 14.8 Å². The molecule has 0 aromatic heterocycles. The monoisotopic (exact) mass is 416 g/mol. The fraction of sp³-hybridized carbons (Fsp3) is 0.588. The third-order valence-electron chi connectivity index (χ3n) is 4.32. The zero-order valence-electron chi connectivity index (χ0n) is 14.2. The minimum absolute atomic E-state index is 0.0705. The number of hydrogen-bond acceptors (Lipinski definition) is 3. The number of nitrogens with one attached hydrogen (secondary N) is 1. The second kappa shape index (κ2) is 8.45. The van der Waals surface area contributed by atoms with Gasteiger partial charge in [0.05, 0.1) is 17.7 Å². The SMILES string of the molecule is CCCS(=O)(=O)N1CCCC(C(=O)NC(C)c2cccc(Br)c2)C1. The number of rotatable bonds is 6. The quantitative estimate of drug-likeness (QED) is 0.774. The van der Waals surface area contributed by atoms with Crippen molar-refractivity contribution in [1.82, 2.24) is 9.62 Å². The fourth-order valence-electron chi connectivity index (χ4n) is 2.99. The molecule has 1 fully saturated rings. The van der Waals surface area contributed by atoms with Crippen LogP contribution in [0.1, 0.15) is 44.7 Å². The van der Waals surface area contributed by atoms with E-state index in [4.69, 9.17) is 0 Å². The molecule has 0 spiro atoms. The van der Waals surface area contributed by atoms with Gasteiger partial charge in [0, 0.05) is 17.6 Å². The topological polar surface area (TPSA) is 66.5 Å². The molecule has 134 valence electrons. The normalized spacial score (nSPS) is 20.5. The Labute approximate surface area is 153 Å². The van der Waals surface area contributed by atoms with Gasteiger partial charge in [-0.05, 0) is 43.9 Å². The number of piperidine rings is 1. The van der Waals surface area contributed by atoms with Gasteiger partial charge in [0.25, 0.3) is 0 Å². The molecule has 0 radical (unpaired) electrons. The van der Waals surface area contributed by atoms with Crippen molar-refractivity contribution in [3.8, 4) is 0 Å². The molecule has 1 aromatic carbocycles. The Bertz CT molecular complexity index is 678. The summed E-state index contributed by atoms with van der Waals surface area (Å²) in [6, 6.07) is 7.70. The summed E-state index contributed by atoms with van der Waals surface area (Å²) >= 11 is 3.43. The molecule has 1 heterocycles. The molecule has 2 unspecified atom stereocenters. The van der Waals surface area contributed by atoms with E-state index in [0.717, 1.165) is 22.9 Å². The van der Waals surface area contributed by atoms with E-state index >= 15 is 0 Å². The molecule has 2 rings (SSSR count). The zero-order chi connectivity index (χ0) is 17.7. The molecule has 7 heteroatoms. The molecular formula is C17H25BrN2O3S. The number of hydrogen-bond donors (Lipinski definition) is 1. The number of carbonyl (C=O) groups is 1. The zero-order valence-corrected chi connectivity index (χ0v) is 16.6. The van der Waals surface area contributed by atoms with Crippen LogP contribution in [0.5, 0.6) is 0 Å². The highest BCUT2D eigenvalue weighted by Gasteiger charge is 2.32. The van der Waals surface area contributed by atoms with Crippen molar-refractivity contribution < 1.29 is 13.2 Å². The van der Waals surface area contributed by atoms with E-state index in [-0.39, 0.29) is 23.6 Å². The number of nitrogens with zero attached hydrogens (tertiary/aromatic N) is 1. The minimum atomic E-state index is -3.24. The van der Waals surface area contributed by atoms with Gasteiger partial charge in [0.2, 0.25) is 15.9 Å². The maximum atomic E-state index is 12.6. The largest absolute Gasteiger partial charge is 0.349 e. The highest BCUT2D eigenvalue weighted by molar-refractivity contribution is 9.10. The molecule has 0 aliphatic carbocycles. The molecular weight excluding hydrogens is 392 g/mol. The van der Waals surface area contributed by atoms with Gasteiger partial charge in [-0.2, -0.15) is 0 Å². The highest BCUT2D eigenvalue weighted by Crippen LogP contribution is 2.22. The Kier molecular flexibility index (Phi) is 6.83. The second-order valence-corrected chi connectivity index (χ2v) is 9.30. The Morgan fingerprint density at radius 1 is 1.46 bits per heavy atom. The van der Waals surface area contributed by atoms with Crippen molar-refractivity contribution in [2.24, 2.45) is 5.92 Å². The summed E-state index contributed by atoms with van der Waals surface area (Å²) in [6.07, 6.45) is 2.05. The second-order valence-electron chi connectivity index (χ2n) is 6.30. The lowest BCUT2D eigenvalue weighted by Crippen LogP contribution is -2.46. The van der Waals surface area contributed by atoms with Crippen LogP contribution in [0.3, 0.4) is 0 Å². The van der Waals surface area contributed by atoms with Crippen LogP contribution in [0.25, 0.3) is 0 Å². The number of halogens is 1. The predicted molar refractivity (Wildman–Crippen MR) is 99.1 cm³/mol. The first-order chi connectivity index (χ1) is 11.3. The van der Waals surface area contributed by atoms with E-state index in [9.17, 15) is 13.2 Å². The number of benzene rings is 1. The van der Waals surface area contributed by atoms with Crippen LogP contribution in [0.15, 0.2) is 28.7 Å². The standard InChI is InChI=1S/C17H25BrN2O3S/c1-3-10-24(22,23)20-9-5-7-15(12-20)17(21)19-13(2)14-6-4-8-16(18)11-14/h4,6,8,11,13,15H,3,5,7,9-10,12H2,1-2H3,(H,19,21). The Hall–Kier alpha value is -0.920. The van der Waals surface area contributed by atoms with E-state index < -0.39 is 10.0 Å². The summed E-state index contributed by atoms with van der Waals surface area (Å²) < 4.78 is 26.9. The van der Waals surface area contributed by atoms with Crippen molar-refractivity contribution in [3.63, 3.8) is 0 Å². The summed E-state index contributed by atoms with van der Waals surface area (Å²) in [5, 5.41) is 3.02. The van der Waals surface area contributed by atoms with E-state index in [1.165, 1.54) is 4.31 Å². The lowest BCUT2D eigenvalue weighted by atomic mass is 9.98. The van der Waals surface area contributed by atoms with Crippen molar-refractivity contribution >= 4 is 31.9 Å². The molecule has 0 saturated carbocycles. The van der Waals surface area contributed by atoms with Crippen LogP contribution in [0, 0.1) is 5.92 Å². The summed E-state index contributed by atoms with van der Waals surface area (Å²) in [7, 11) is -3.24. The van der Waals surface area contributed by atoms with Crippen LogP contribution < -0.4 is 5.32 Å². The van der Waals surface area contributed by atoms with Crippen molar-refractivity contribution in [2.75, 3.05) is 18.8 Å². The van der Waals surface area contributed by atoms with E-state index in [1.807, 2.05) is 38.1 Å². The summed E-state index contributed by atoms with van der Waals surface area (Å²) in [5.41, 5.74) is 1.02. The lowest BCUT2D eigenvalue weighted by Gasteiger charge is -2.31. The van der Waals surface area contributed by atoms with Gasteiger partial charge < -0.3 is 5.32 Å². The molecule has 2 atom stereocenters. The van der Waals surface area contributed by atoms with Crippen LogP contribution in [0.2, 0.25) is 0 Å². The average Bonchev–Trinajstić information content (AvgIpc) is 2.55. The van der Waals surface area contributed by atoms with Gasteiger partial charge in [-0.25, -0.2) is 12.7 Å². The lowest BCUT2D eigenvalue weighted by molar-refractivity contribution is -0.126. The van der Waals surface area contributed by atoms with Gasteiger partial charge >= 0.3 is 0 Å². The van der Waals surface area contributed by atoms with Gasteiger partial charge in [-0.15, -0.1) is 0 Å². The first kappa shape index (κ1) is 19.4. The first-order valence-corrected chi connectivity index (χ1v) is 10.8. The van der Waals surface area contributed by atoms with Gasteiger partial charge in [-0.1, -0.05) is 35.0 Å². The molecule has 1 saturated heterocycles. The molecule has 24 heavy (non-hydrogen) atoms. The molecule has 1 aliphatic rings. The van der Waals surface area contributed by atoms with Crippen LogP contribution >= 0.6 is 15.9 Å². The Morgan fingerprint density at radius 2 is 2.21 bits per heavy atom. The Balaban J connectivity index is 1.99. The molecule has 1 aromatic rings. The summed E-state index contributed by atoms with van der Waals surface area (Å²) in [5.74, 6) is -0.200. The van der Waals surface area contributed by atoms with Gasteiger partial charge in [0.1, 0.15) is 0 Å². The average molecular weight is 417 g/mol. The van der Waals surface area contributed by atoms with Crippen LogP contribution in [-0.4, -0.2) is 37.5 Å². The van der Waals surface area contributed by atoms with Crippen molar-refractivity contribution in [3.05, 3.63) is 34.3 Å². The Morgan fingerprint density at radius 3 is 2.88 bits per heavy atom. The number of carbonyl (C=O) groups excluding carboxylic acids is 1. The van der Waals surface area contributed by atoms with Crippen molar-refractivity contribution in [2.45, 2.75) is 39.2 Å². The molecule has 1 N–H and O–H groups in total. The third kappa shape index (κ3) is 5.04.